The van der Waals surface area contributed by atoms with E-state index >= 15 is 0 Å². The lowest BCUT2D eigenvalue weighted by Crippen LogP contribution is -1.99. The first-order chi connectivity index (χ1) is 7.25. The molecule has 0 aliphatic heterocycles. The van der Waals surface area contributed by atoms with Crippen LogP contribution in [0.4, 0.5) is 5.69 Å². The van der Waals surface area contributed by atoms with Gasteiger partial charge in [0.25, 0.3) is 0 Å². The molecule has 1 aromatic heterocycles. The van der Waals surface area contributed by atoms with Crippen molar-refractivity contribution in [1.82, 2.24) is 0 Å². The van der Waals surface area contributed by atoms with Gasteiger partial charge in [0.15, 0.2) is 0 Å². The van der Waals surface area contributed by atoms with Crippen molar-refractivity contribution in [2.75, 3.05) is 5.32 Å². The minimum atomic E-state index is 0.738. The zero-order valence-electron chi connectivity index (χ0n) is 9.08. The number of anilines is 1. The molecule has 1 N–H and O–H groups in total. The molecule has 0 unspecified atom stereocenters. The van der Waals surface area contributed by atoms with Gasteiger partial charge in [-0.2, -0.15) is 0 Å². The standard InChI is InChI=1S/C13H15NO/c1-10-3-5-12(6-4-10)14-9-13-11(2)7-8-15-13/h3-8,14H,9H2,1-2H3. The Bertz CT molecular complexity index is 428. The first-order valence-electron chi connectivity index (χ1n) is 5.09. The maximum Gasteiger partial charge on any atom is 0.125 e. The molecule has 2 heteroatoms. The molecule has 0 saturated heterocycles. The summed E-state index contributed by atoms with van der Waals surface area (Å²) >= 11 is 0. The van der Waals surface area contributed by atoms with Crippen LogP contribution in [-0.4, -0.2) is 0 Å². The number of hydrogen-bond donors (Lipinski definition) is 1. The van der Waals surface area contributed by atoms with Crippen LogP contribution in [0.2, 0.25) is 0 Å². The van der Waals surface area contributed by atoms with Crippen LogP contribution in [0.3, 0.4) is 0 Å². The van der Waals surface area contributed by atoms with Crippen molar-refractivity contribution in [1.29, 1.82) is 0 Å². The predicted molar refractivity (Wildman–Crippen MR) is 62.0 cm³/mol. The quantitative estimate of drug-likeness (QED) is 0.822. The first-order valence-corrected chi connectivity index (χ1v) is 5.09. The largest absolute Gasteiger partial charge is 0.467 e. The highest BCUT2D eigenvalue weighted by molar-refractivity contribution is 5.44. The summed E-state index contributed by atoms with van der Waals surface area (Å²) in [6.45, 7) is 4.87. The Morgan fingerprint density at radius 1 is 1.07 bits per heavy atom. The summed E-state index contributed by atoms with van der Waals surface area (Å²) in [4.78, 5) is 0. The van der Waals surface area contributed by atoms with E-state index in [-0.39, 0.29) is 0 Å². The first kappa shape index (κ1) is 9.84. The second-order valence-corrected chi connectivity index (χ2v) is 3.75. The van der Waals surface area contributed by atoms with Gasteiger partial charge in [-0.3, -0.25) is 0 Å². The Morgan fingerprint density at radius 2 is 1.80 bits per heavy atom. The Hall–Kier alpha value is -1.70. The Balaban J connectivity index is 1.99. The van der Waals surface area contributed by atoms with Crippen LogP contribution in [0.5, 0.6) is 0 Å². The Morgan fingerprint density at radius 3 is 2.40 bits per heavy atom. The summed E-state index contributed by atoms with van der Waals surface area (Å²) in [5, 5.41) is 3.32. The number of furan rings is 1. The van der Waals surface area contributed by atoms with Crippen molar-refractivity contribution in [2.24, 2.45) is 0 Å². The SMILES string of the molecule is Cc1ccc(NCc2occc2C)cc1. The summed E-state index contributed by atoms with van der Waals surface area (Å²) in [6.07, 6.45) is 1.72. The third kappa shape index (κ3) is 2.40. The van der Waals surface area contributed by atoms with Gasteiger partial charge in [0.05, 0.1) is 12.8 Å². The van der Waals surface area contributed by atoms with Crippen molar-refractivity contribution in [2.45, 2.75) is 20.4 Å². The minimum Gasteiger partial charge on any atom is -0.467 e. The lowest BCUT2D eigenvalue weighted by molar-refractivity contribution is 0.515. The van der Waals surface area contributed by atoms with Crippen LogP contribution >= 0.6 is 0 Å². The van der Waals surface area contributed by atoms with E-state index in [9.17, 15) is 0 Å². The zero-order valence-corrected chi connectivity index (χ0v) is 9.08. The van der Waals surface area contributed by atoms with Gasteiger partial charge in [-0.15, -0.1) is 0 Å². The maximum absolute atomic E-state index is 5.35. The van der Waals surface area contributed by atoms with E-state index in [4.69, 9.17) is 4.42 Å². The summed E-state index contributed by atoms with van der Waals surface area (Å²) in [7, 11) is 0. The smallest absolute Gasteiger partial charge is 0.125 e. The average molecular weight is 201 g/mol. The number of hydrogen-bond acceptors (Lipinski definition) is 2. The summed E-state index contributed by atoms with van der Waals surface area (Å²) in [5.41, 5.74) is 3.58. The lowest BCUT2D eigenvalue weighted by atomic mass is 10.2. The average Bonchev–Trinajstić information content (AvgIpc) is 2.63. The van der Waals surface area contributed by atoms with Crippen molar-refractivity contribution >= 4 is 5.69 Å². The predicted octanol–water partition coefficient (Wildman–Crippen LogP) is 3.51. The number of rotatable bonds is 3. The number of benzene rings is 1. The molecule has 0 saturated carbocycles. The van der Waals surface area contributed by atoms with Crippen LogP contribution < -0.4 is 5.32 Å². The van der Waals surface area contributed by atoms with Crippen molar-refractivity contribution in [3.8, 4) is 0 Å². The second kappa shape index (κ2) is 4.22. The minimum absolute atomic E-state index is 0.738. The van der Waals surface area contributed by atoms with E-state index in [0.29, 0.717) is 0 Å². The zero-order chi connectivity index (χ0) is 10.7. The van der Waals surface area contributed by atoms with E-state index in [1.54, 1.807) is 6.26 Å². The molecule has 0 aliphatic carbocycles. The summed E-state index contributed by atoms with van der Waals surface area (Å²) < 4.78 is 5.35. The molecule has 0 amide bonds. The number of aryl methyl sites for hydroxylation is 2. The van der Waals surface area contributed by atoms with E-state index in [1.807, 2.05) is 6.07 Å². The molecule has 1 heterocycles. The fourth-order valence-corrected chi connectivity index (χ4v) is 1.44. The molecular weight excluding hydrogens is 186 g/mol. The van der Waals surface area contributed by atoms with Gasteiger partial charge >= 0.3 is 0 Å². The molecular formula is C13H15NO. The van der Waals surface area contributed by atoms with Gasteiger partial charge in [-0.1, -0.05) is 17.7 Å². The molecule has 1 aromatic carbocycles. The van der Waals surface area contributed by atoms with Gasteiger partial charge in [0.2, 0.25) is 0 Å². The Labute approximate surface area is 89.9 Å². The summed E-state index contributed by atoms with van der Waals surface area (Å²) in [6, 6.07) is 10.3. The van der Waals surface area contributed by atoms with Crippen molar-refractivity contribution < 1.29 is 4.42 Å². The normalized spacial score (nSPS) is 10.3. The summed E-state index contributed by atoms with van der Waals surface area (Å²) in [5.74, 6) is 0.996. The van der Waals surface area contributed by atoms with Gasteiger partial charge in [-0.05, 0) is 37.6 Å². The highest BCUT2D eigenvalue weighted by Crippen LogP contribution is 2.13. The Kier molecular flexibility index (Phi) is 2.77. The highest BCUT2D eigenvalue weighted by atomic mass is 16.3. The topological polar surface area (TPSA) is 25.2 Å². The van der Waals surface area contributed by atoms with Gasteiger partial charge in [0.1, 0.15) is 5.76 Å². The maximum atomic E-state index is 5.35. The lowest BCUT2D eigenvalue weighted by Gasteiger charge is -2.05. The fraction of sp³-hybridized carbons (Fsp3) is 0.231. The van der Waals surface area contributed by atoms with Crippen LogP contribution in [0.25, 0.3) is 0 Å². The van der Waals surface area contributed by atoms with Gasteiger partial charge in [0, 0.05) is 5.69 Å². The molecule has 15 heavy (non-hydrogen) atoms. The van der Waals surface area contributed by atoms with E-state index in [2.05, 4.69) is 43.4 Å². The molecule has 2 rings (SSSR count). The van der Waals surface area contributed by atoms with Crippen LogP contribution in [0.15, 0.2) is 41.0 Å². The van der Waals surface area contributed by atoms with Gasteiger partial charge in [-0.25, -0.2) is 0 Å². The third-order valence-electron chi connectivity index (χ3n) is 2.47. The number of nitrogens with one attached hydrogen (secondary N) is 1. The van der Waals surface area contributed by atoms with Gasteiger partial charge < -0.3 is 9.73 Å². The van der Waals surface area contributed by atoms with E-state index in [1.165, 1.54) is 11.1 Å². The monoisotopic (exact) mass is 201 g/mol. The molecule has 2 aromatic rings. The van der Waals surface area contributed by atoms with Crippen LogP contribution in [-0.2, 0) is 6.54 Å². The molecule has 78 valence electrons. The molecule has 0 bridgehead atoms. The molecule has 0 fully saturated rings. The molecule has 0 spiro atoms. The third-order valence-corrected chi connectivity index (χ3v) is 2.47. The molecule has 0 radical (unpaired) electrons. The molecule has 0 aliphatic rings. The van der Waals surface area contributed by atoms with Crippen molar-refractivity contribution in [3.63, 3.8) is 0 Å². The highest BCUT2D eigenvalue weighted by Gasteiger charge is 2.00. The van der Waals surface area contributed by atoms with Crippen molar-refractivity contribution in [3.05, 3.63) is 53.5 Å². The second-order valence-electron chi connectivity index (χ2n) is 3.75. The fourth-order valence-electron chi connectivity index (χ4n) is 1.44. The van der Waals surface area contributed by atoms with Crippen LogP contribution in [0.1, 0.15) is 16.9 Å². The molecule has 2 nitrogen and oxygen atoms in total. The van der Waals surface area contributed by atoms with E-state index in [0.717, 1.165) is 18.0 Å². The molecule has 0 atom stereocenters. The van der Waals surface area contributed by atoms with Crippen LogP contribution in [0, 0.1) is 13.8 Å². The van der Waals surface area contributed by atoms with E-state index < -0.39 is 0 Å².